The zero-order chi connectivity index (χ0) is 20.5. The van der Waals surface area contributed by atoms with Gasteiger partial charge in [0.2, 0.25) is 11.8 Å². The van der Waals surface area contributed by atoms with Gasteiger partial charge in [0, 0.05) is 32.7 Å². The maximum absolute atomic E-state index is 12.7. The van der Waals surface area contributed by atoms with Gasteiger partial charge < -0.3 is 15.5 Å². The standard InChI is InChI=1S/C21H35N5O2/c1-6-22-20(24-12-21(2,3)13-25(4)5)23-9-10-26-18(27)16-14-7-8-15(11-14)17(16)19(26)28/h7-8,14-17H,6,9-13H2,1-5H3,(H2,22,23,24). The van der Waals surface area contributed by atoms with Crippen LogP contribution in [0.5, 0.6) is 0 Å². The highest BCUT2D eigenvalue weighted by Gasteiger charge is 2.58. The second-order valence-electron chi connectivity index (χ2n) is 9.35. The van der Waals surface area contributed by atoms with E-state index in [1.807, 2.05) is 6.92 Å². The van der Waals surface area contributed by atoms with Crippen molar-refractivity contribution in [3.8, 4) is 0 Å². The number of rotatable bonds is 8. The number of amides is 2. The van der Waals surface area contributed by atoms with Crippen LogP contribution in [0.2, 0.25) is 0 Å². The Labute approximate surface area is 168 Å². The van der Waals surface area contributed by atoms with E-state index in [4.69, 9.17) is 4.99 Å². The van der Waals surface area contributed by atoms with Crippen LogP contribution < -0.4 is 10.6 Å². The summed E-state index contributed by atoms with van der Waals surface area (Å²) < 4.78 is 0. The summed E-state index contributed by atoms with van der Waals surface area (Å²) in [5, 5.41) is 6.53. The van der Waals surface area contributed by atoms with Crippen LogP contribution in [-0.4, -0.2) is 74.4 Å². The number of carbonyl (C=O) groups excluding carboxylic acids is 2. The molecule has 2 amide bonds. The molecule has 3 rings (SSSR count). The van der Waals surface area contributed by atoms with Crippen molar-refractivity contribution in [2.45, 2.75) is 27.2 Å². The number of hydrogen-bond donors (Lipinski definition) is 2. The van der Waals surface area contributed by atoms with Crippen molar-refractivity contribution in [1.29, 1.82) is 0 Å². The first-order valence-electron chi connectivity index (χ1n) is 10.4. The predicted octanol–water partition coefficient (Wildman–Crippen LogP) is 0.936. The largest absolute Gasteiger partial charge is 0.357 e. The van der Waals surface area contributed by atoms with Crippen LogP contribution in [0.1, 0.15) is 27.2 Å². The van der Waals surface area contributed by atoms with E-state index in [2.05, 4.69) is 55.6 Å². The van der Waals surface area contributed by atoms with E-state index in [9.17, 15) is 9.59 Å². The fraction of sp³-hybridized carbons (Fsp3) is 0.762. The number of guanidine groups is 1. The Hall–Kier alpha value is -1.89. The number of carbonyl (C=O) groups is 2. The Morgan fingerprint density at radius 2 is 1.79 bits per heavy atom. The number of aliphatic imine (C=N–C) groups is 1. The second kappa shape index (κ2) is 8.23. The predicted molar refractivity (Wildman–Crippen MR) is 111 cm³/mol. The van der Waals surface area contributed by atoms with E-state index < -0.39 is 0 Å². The lowest BCUT2D eigenvalue weighted by atomic mass is 9.85. The minimum absolute atomic E-state index is 0.0164. The summed E-state index contributed by atoms with van der Waals surface area (Å²) in [6, 6.07) is 0. The number of hydrogen-bond acceptors (Lipinski definition) is 4. The molecule has 4 atom stereocenters. The minimum atomic E-state index is -0.115. The maximum Gasteiger partial charge on any atom is 0.233 e. The highest BCUT2D eigenvalue weighted by atomic mass is 16.2. The molecule has 7 nitrogen and oxygen atoms in total. The normalized spacial score (nSPS) is 29.2. The van der Waals surface area contributed by atoms with Gasteiger partial charge in [-0.05, 0) is 44.7 Å². The molecule has 156 valence electrons. The Morgan fingerprint density at radius 1 is 1.18 bits per heavy atom. The molecule has 2 fully saturated rings. The van der Waals surface area contributed by atoms with Crippen molar-refractivity contribution in [3.05, 3.63) is 12.2 Å². The van der Waals surface area contributed by atoms with Gasteiger partial charge >= 0.3 is 0 Å². The molecule has 3 aliphatic rings. The van der Waals surface area contributed by atoms with Crippen molar-refractivity contribution in [1.82, 2.24) is 20.4 Å². The number of nitrogens with zero attached hydrogens (tertiary/aromatic N) is 3. The number of allylic oxidation sites excluding steroid dienone is 2. The van der Waals surface area contributed by atoms with Crippen LogP contribution in [0.4, 0.5) is 0 Å². The number of nitrogens with one attached hydrogen (secondary N) is 2. The molecule has 2 N–H and O–H groups in total. The van der Waals surface area contributed by atoms with Gasteiger partial charge in [-0.2, -0.15) is 0 Å². The molecule has 2 bridgehead atoms. The van der Waals surface area contributed by atoms with E-state index in [0.29, 0.717) is 19.6 Å². The molecule has 2 aliphatic carbocycles. The van der Waals surface area contributed by atoms with Crippen molar-refractivity contribution >= 4 is 17.8 Å². The molecule has 1 aliphatic heterocycles. The van der Waals surface area contributed by atoms with E-state index in [1.165, 1.54) is 4.90 Å². The van der Waals surface area contributed by atoms with Crippen molar-refractivity contribution in [3.63, 3.8) is 0 Å². The first-order chi connectivity index (χ1) is 13.2. The smallest absolute Gasteiger partial charge is 0.233 e. The molecule has 0 aromatic carbocycles. The average molecular weight is 390 g/mol. The van der Waals surface area contributed by atoms with Gasteiger partial charge in [-0.1, -0.05) is 26.0 Å². The van der Waals surface area contributed by atoms with E-state index >= 15 is 0 Å². The fourth-order valence-corrected chi connectivity index (χ4v) is 5.01. The van der Waals surface area contributed by atoms with Gasteiger partial charge in [0.15, 0.2) is 5.96 Å². The summed E-state index contributed by atoms with van der Waals surface area (Å²) in [5.41, 5.74) is 0.0659. The molecule has 0 aromatic rings. The lowest BCUT2D eigenvalue weighted by Crippen LogP contribution is -2.44. The Balaban J connectivity index is 1.53. The molecular formula is C21H35N5O2. The van der Waals surface area contributed by atoms with Crippen molar-refractivity contribution < 1.29 is 9.59 Å². The highest BCUT2D eigenvalue weighted by Crippen LogP contribution is 2.52. The van der Waals surface area contributed by atoms with E-state index in [1.54, 1.807) is 0 Å². The van der Waals surface area contributed by atoms with Gasteiger partial charge in [-0.3, -0.25) is 19.5 Å². The fourth-order valence-electron chi connectivity index (χ4n) is 5.01. The summed E-state index contributed by atoms with van der Waals surface area (Å²) in [6.45, 7) is 9.74. The zero-order valence-electron chi connectivity index (χ0n) is 17.9. The van der Waals surface area contributed by atoms with Crippen LogP contribution in [0, 0.1) is 29.1 Å². The van der Waals surface area contributed by atoms with Gasteiger partial charge in [0.1, 0.15) is 0 Å². The van der Waals surface area contributed by atoms with Gasteiger partial charge in [0.25, 0.3) is 0 Å². The third kappa shape index (κ3) is 4.24. The third-order valence-corrected chi connectivity index (χ3v) is 5.94. The molecule has 4 unspecified atom stereocenters. The molecule has 7 heteroatoms. The third-order valence-electron chi connectivity index (χ3n) is 5.94. The Bertz CT molecular complexity index is 640. The van der Waals surface area contributed by atoms with Crippen LogP contribution >= 0.6 is 0 Å². The molecule has 0 spiro atoms. The van der Waals surface area contributed by atoms with Gasteiger partial charge in [-0.25, -0.2) is 0 Å². The van der Waals surface area contributed by atoms with Gasteiger partial charge in [0.05, 0.1) is 11.8 Å². The lowest BCUT2D eigenvalue weighted by molar-refractivity contribution is -0.140. The summed E-state index contributed by atoms with van der Waals surface area (Å²) in [5.74, 6) is 1.07. The SMILES string of the molecule is CCNC(=NCC(C)(C)CN(C)C)NCCN1C(=O)C2C3C=CC(C3)C2C1=O. The monoisotopic (exact) mass is 389 g/mol. The van der Waals surface area contributed by atoms with Crippen molar-refractivity contribution in [2.24, 2.45) is 34.1 Å². The summed E-state index contributed by atoms with van der Waals surface area (Å²) in [4.78, 5) is 33.8. The topological polar surface area (TPSA) is 77.0 Å². The number of fused-ring (bicyclic) bond motifs is 5. The summed E-state index contributed by atoms with van der Waals surface area (Å²) >= 11 is 0. The van der Waals surface area contributed by atoms with Crippen LogP contribution in [0.25, 0.3) is 0 Å². The van der Waals surface area contributed by atoms with Gasteiger partial charge in [-0.15, -0.1) is 0 Å². The average Bonchev–Trinajstić information content (AvgIpc) is 3.28. The van der Waals surface area contributed by atoms with E-state index in [-0.39, 0.29) is 40.9 Å². The Kier molecular flexibility index (Phi) is 6.12. The Morgan fingerprint density at radius 3 is 2.32 bits per heavy atom. The summed E-state index contributed by atoms with van der Waals surface area (Å²) in [7, 11) is 4.13. The molecule has 28 heavy (non-hydrogen) atoms. The molecule has 1 saturated heterocycles. The lowest BCUT2D eigenvalue weighted by Gasteiger charge is -2.27. The van der Waals surface area contributed by atoms with Crippen LogP contribution in [0.15, 0.2) is 17.1 Å². The van der Waals surface area contributed by atoms with E-state index in [0.717, 1.165) is 25.5 Å². The quantitative estimate of drug-likeness (QED) is 0.280. The van der Waals surface area contributed by atoms with Crippen LogP contribution in [-0.2, 0) is 9.59 Å². The molecule has 0 aromatic heterocycles. The molecule has 1 saturated carbocycles. The number of likely N-dealkylation sites (tertiary alicyclic amines) is 1. The van der Waals surface area contributed by atoms with Crippen molar-refractivity contribution in [2.75, 3.05) is 46.8 Å². The number of imide groups is 1. The first kappa shape index (κ1) is 20.8. The minimum Gasteiger partial charge on any atom is -0.357 e. The highest BCUT2D eigenvalue weighted by molar-refractivity contribution is 6.06. The maximum atomic E-state index is 12.7. The molecule has 0 radical (unpaired) electrons. The first-order valence-corrected chi connectivity index (χ1v) is 10.4. The molecule has 1 heterocycles. The second-order valence-corrected chi connectivity index (χ2v) is 9.35. The molecular weight excluding hydrogens is 354 g/mol. The van der Waals surface area contributed by atoms with Crippen LogP contribution in [0.3, 0.4) is 0 Å². The zero-order valence-corrected chi connectivity index (χ0v) is 17.9. The summed E-state index contributed by atoms with van der Waals surface area (Å²) in [6.07, 6.45) is 5.23.